The highest BCUT2D eigenvalue weighted by atomic mass is 16.3. The molecule has 22 heavy (non-hydrogen) atoms. The highest BCUT2D eigenvalue weighted by Crippen LogP contribution is 2.27. The van der Waals surface area contributed by atoms with Crippen LogP contribution in [0.15, 0.2) is 41.2 Å². The van der Waals surface area contributed by atoms with Crippen LogP contribution in [0.1, 0.15) is 36.5 Å². The van der Waals surface area contributed by atoms with Gasteiger partial charge in [-0.05, 0) is 73.5 Å². The molecule has 1 atom stereocenters. The third-order valence-electron chi connectivity index (χ3n) is 4.69. The van der Waals surface area contributed by atoms with Gasteiger partial charge in [-0.25, -0.2) is 0 Å². The van der Waals surface area contributed by atoms with Gasteiger partial charge in [0.1, 0.15) is 5.75 Å². The van der Waals surface area contributed by atoms with Crippen LogP contribution in [0.2, 0.25) is 0 Å². The number of benzene rings is 1. The predicted octanol–water partition coefficient (Wildman–Crippen LogP) is 3.80. The molecule has 0 saturated carbocycles. The van der Waals surface area contributed by atoms with Crippen molar-refractivity contribution in [1.29, 1.82) is 0 Å². The van der Waals surface area contributed by atoms with Gasteiger partial charge >= 0.3 is 0 Å². The van der Waals surface area contributed by atoms with E-state index in [2.05, 4.69) is 24.0 Å². The number of rotatable bonds is 6. The largest absolute Gasteiger partial charge is 0.508 e. The standard InChI is InChI=1S/C19H25NO2/c1-2-9-20(10-7-15-8-11-22-14-15)18-5-3-16-4-6-19(21)13-17(16)12-18/h4,6,8,11,13-14,18,21H,2-3,5,7,9-10,12H2,1H3. The van der Waals surface area contributed by atoms with E-state index in [1.165, 1.54) is 29.5 Å². The van der Waals surface area contributed by atoms with Gasteiger partial charge in [-0.2, -0.15) is 0 Å². The van der Waals surface area contributed by atoms with Gasteiger partial charge < -0.3 is 9.52 Å². The van der Waals surface area contributed by atoms with Crippen LogP contribution in [-0.4, -0.2) is 29.1 Å². The van der Waals surface area contributed by atoms with Crippen molar-refractivity contribution in [2.45, 2.75) is 45.1 Å². The first-order valence-corrected chi connectivity index (χ1v) is 8.32. The summed E-state index contributed by atoms with van der Waals surface area (Å²) in [5, 5.41) is 9.72. The van der Waals surface area contributed by atoms with Crippen molar-refractivity contribution in [3.8, 4) is 5.75 Å². The van der Waals surface area contributed by atoms with Gasteiger partial charge in [-0.1, -0.05) is 13.0 Å². The van der Waals surface area contributed by atoms with Crippen molar-refractivity contribution < 1.29 is 9.52 Å². The molecule has 3 rings (SSSR count). The highest BCUT2D eigenvalue weighted by molar-refractivity contribution is 5.37. The fourth-order valence-electron chi connectivity index (χ4n) is 3.51. The van der Waals surface area contributed by atoms with Gasteiger partial charge in [-0.15, -0.1) is 0 Å². The number of nitrogens with zero attached hydrogens (tertiary/aromatic N) is 1. The maximum Gasteiger partial charge on any atom is 0.115 e. The first kappa shape index (κ1) is 15.2. The molecular weight excluding hydrogens is 274 g/mol. The lowest BCUT2D eigenvalue weighted by Crippen LogP contribution is -2.41. The Kier molecular flexibility index (Phi) is 4.84. The Bertz CT molecular complexity index is 591. The minimum Gasteiger partial charge on any atom is -0.508 e. The molecule has 1 aromatic carbocycles. The third-order valence-corrected chi connectivity index (χ3v) is 4.69. The molecule has 0 fully saturated rings. The number of aryl methyl sites for hydroxylation is 1. The lowest BCUT2D eigenvalue weighted by Gasteiger charge is -2.35. The Morgan fingerprint density at radius 2 is 2.14 bits per heavy atom. The van der Waals surface area contributed by atoms with Crippen LogP contribution in [-0.2, 0) is 19.3 Å². The smallest absolute Gasteiger partial charge is 0.115 e. The van der Waals surface area contributed by atoms with Gasteiger partial charge in [0.25, 0.3) is 0 Å². The molecule has 3 nitrogen and oxygen atoms in total. The monoisotopic (exact) mass is 299 g/mol. The second-order valence-corrected chi connectivity index (χ2v) is 6.27. The Balaban J connectivity index is 1.66. The molecule has 118 valence electrons. The van der Waals surface area contributed by atoms with Crippen LogP contribution in [0.3, 0.4) is 0 Å². The molecule has 0 saturated heterocycles. The maximum absolute atomic E-state index is 9.72. The zero-order valence-corrected chi connectivity index (χ0v) is 13.3. The second kappa shape index (κ2) is 7.01. The van der Waals surface area contributed by atoms with Crippen LogP contribution in [0.25, 0.3) is 0 Å². The molecule has 0 amide bonds. The topological polar surface area (TPSA) is 36.6 Å². The molecule has 0 bridgehead atoms. The normalized spacial score (nSPS) is 17.6. The Hall–Kier alpha value is -1.74. The summed E-state index contributed by atoms with van der Waals surface area (Å²) in [4.78, 5) is 2.61. The van der Waals surface area contributed by atoms with Crippen molar-refractivity contribution in [2.24, 2.45) is 0 Å². The predicted molar refractivity (Wildman–Crippen MR) is 88.2 cm³/mol. The first-order chi connectivity index (χ1) is 10.8. The van der Waals surface area contributed by atoms with Crippen LogP contribution >= 0.6 is 0 Å². The van der Waals surface area contributed by atoms with Crippen LogP contribution in [0.4, 0.5) is 0 Å². The minimum absolute atomic E-state index is 0.389. The number of furan rings is 1. The molecule has 1 aromatic heterocycles. The number of fused-ring (bicyclic) bond motifs is 1. The Labute approximate surface area is 132 Å². The van der Waals surface area contributed by atoms with Gasteiger partial charge in [0.15, 0.2) is 0 Å². The van der Waals surface area contributed by atoms with E-state index in [1.807, 2.05) is 18.4 Å². The summed E-state index contributed by atoms with van der Waals surface area (Å²) in [6.45, 7) is 4.45. The average molecular weight is 299 g/mol. The van der Waals surface area contributed by atoms with E-state index in [1.54, 1.807) is 6.26 Å². The molecule has 0 aliphatic heterocycles. The molecule has 2 aromatic rings. The molecule has 1 unspecified atom stereocenters. The fourth-order valence-corrected chi connectivity index (χ4v) is 3.51. The summed E-state index contributed by atoms with van der Waals surface area (Å²) in [6.07, 6.45) is 9.19. The summed E-state index contributed by atoms with van der Waals surface area (Å²) in [7, 11) is 0. The number of phenols is 1. The van der Waals surface area contributed by atoms with Crippen LogP contribution < -0.4 is 0 Å². The van der Waals surface area contributed by atoms with E-state index in [0.29, 0.717) is 11.8 Å². The van der Waals surface area contributed by atoms with Gasteiger partial charge in [-0.3, -0.25) is 4.90 Å². The molecule has 1 N–H and O–H groups in total. The van der Waals surface area contributed by atoms with Crippen molar-refractivity contribution in [3.05, 3.63) is 53.5 Å². The van der Waals surface area contributed by atoms with Crippen molar-refractivity contribution in [3.63, 3.8) is 0 Å². The molecule has 1 heterocycles. The lowest BCUT2D eigenvalue weighted by molar-refractivity contribution is 0.181. The summed E-state index contributed by atoms with van der Waals surface area (Å²) >= 11 is 0. The summed E-state index contributed by atoms with van der Waals surface area (Å²) < 4.78 is 5.17. The van der Waals surface area contributed by atoms with Gasteiger partial charge in [0.05, 0.1) is 12.5 Å². The summed E-state index contributed by atoms with van der Waals surface area (Å²) in [5.74, 6) is 0.389. The molecule has 1 aliphatic carbocycles. The Morgan fingerprint density at radius 1 is 1.23 bits per heavy atom. The zero-order chi connectivity index (χ0) is 15.4. The molecule has 3 heteroatoms. The third kappa shape index (κ3) is 3.53. The molecular formula is C19H25NO2. The van der Waals surface area contributed by atoms with Gasteiger partial charge in [0, 0.05) is 12.6 Å². The van der Waals surface area contributed by atoms with E-state index < -0.39 is 0 Å². The summed E-state index contributed by atoms with van der Waals surface area (Å²) in [5.41, 5.74) is 4.00. The number of aromatic hydroxyl groups is 1. The van der Waals surface area contributed by atoms with Crippen LogP contribution in [0, 0.1) is 0 Å². The number of phenolic OH excluding ortho intramolecular Hbond substituents is 1. The minimum atomic E-state index is 0.389. The number of hydrogen-bond acceptors (Lipinski definition) is 3. The second-order valence-electron chi connectivity index (χ2n) is 6.27. The van der Waals surface area contributed by atoms with Crippen molar-refractivity contribution in [2.75, 3.05) is 13.1 Å². The average Bonchev–Trinajstić information content (AvgIpc) is 3.04. The SMILES string of the molecule is CCCN(CCc1ccoc1)C1CCc2ccc(O)cc2C1. The Morgan fingerprint density at radius 3 is 2.91 bits per heavy atom. The lowest BCUT2D eigenvalue weighted by atomic mass is 9.87. The molecule has 0 radical (unpaired) electrons. The van der Waals surface area contributed by atoms with Crippen molar-refractivity contribution in [1.82, 2.24) is 4.90 Å². The fraction of sp³-hybridized carbons (Fsp3) is 0.474. The number of hydrogen-bond donors (Lipinski definition) is 1. The first-order valence-electron chi connectivity index (χ1n) is 8.32. The van der Waals surface area contributed by atoms with E-state index in [-0.39, 0.29) is 0 Å². The van der Waals surface area contributed by atoms with Gasteiger partial charge in [0.2, 0.25) is 0 Å². The van der Waals surface area contributed by atoms with Crippen LogP contribution in [0.5, 0.6) is 5.75 Å². The molecule has 1 aliphatic rings. The van der Waals surface area contributed by atoms with Crippen molar-refractivity contribution >= 4 is 0 Å². The van der Waals surface area contributed by atoms with E-state index >= 15 is 0 Å². The summed E-state index contributed by atoms with van der Waals surface area (Å²) in [6, 6.07) is 8.47. The van der Waals surface area contributed by atoms with E-state index in [4.69, 9.17) is 4.42 Å². The van der Waals surface area contributed by atoms with E-state index in [9.17, 15) is 5.11 Å². The quantitative estimate of drug-likeness (QED) is 0.881. The maximum atomic E-state index is 9.72. The zero-order valence-electron chi connectivity index (χ0n) is 13.3. The molecule has 0 spiro atoms. The highest BCUT2D eigenvalue weighted by Gasteiger charge is 2.24. The van der Waals surface area contributed by atoms with E-state index in [0.717, 1.165) is 32.4 Å².